The monoisotopic (exact) mass is 198 g/mol. The first kappa shape index (κ1) is 10.8. The van der Waals surface area contributed by atoms with Crippen LogP contribution in [0.25, 0.3) is 0 Å². The molecule has 0 radical (unpaired) electrons. The Hall–Kier alpha value is -2.25. The summed E-state index contributed by atoms with van der Waals surface area (Å²) in [6, 6.07) is 5.38. The van der Waals surface area contributed by atoms with Crippen molar-refractivity contribution in [3.63, 3.8) is 0 Å². The Morgan fingerprint density at radius 1 is 1.00 bits per heavy atom. The molecule has 1 rings (SSSR count). The number of rotatable bonds is 1. The molecule has 1 saturated carbocycles. The Morgan fingerprint density at radius 3 is 1.93 bits per heavy atom. The standard InChI is InChI=1S/C11H10N4/c12-5-9(6-13)11(15)10(7-14)8-3-1-2-4-8/h1-4,15H2. The van der Waals surface area contributed by atoms with Crippen LogP contribution in [0.3, 0.4) is 0 Å². The van der Waals surface area contributed by atoms with Crippen LogP contribution in [0.4, 0.5) is 0 Å². The molecule has 0 saturated heterocycles. The van der Waals surface area contributed by atoms with Crippen molar-refractivity contribution in [3.8, 4) is 18.2 Å². The first-order valence-corrected chi connectivity index (χ1v) is 4.67. The van der Waals surface area contributed by atoms with E-state index in [1.54, 1.807) is 12.1 Å². The highest BCUT2D eigenvalue weighted by Crippen LogP contribution is 2.29. The van der Waals surface area contributed by atoms with Gasteiger partial charge in [-0.25, -0.2) is 0 Å². The number of hydrogen-bond donors (Lipinski definition) is 1. The van der Waals surface area contributed by atoms with Gasteiger partial charge in [-0.3, -0.25) is 0 Å². The molecule has 0 aromatic heterocycles. The summed E-state index contributed by atoms with van der Waals surface area (Å²) in [4.78, 5) is 0. The van der Waals surface area contributed by atoms with Gasteiger partial charge in [0.2, 0.25) is 0 Å². The van der Waals surface area contributed by atoms with Gasteiger partial charge < -0.3 is 5.73 Å². The summed E-state index contributed by atoms with van der Waals surface area (Å²) in [6.07, 6.45) is 3.77. The lowest BCUT2D eigenvalue weighted by Gasteiger charge is -2.03. The van der Waals surface area contributed by atoms with E-state index in [9.17, 15) is 0 Å². The van der Waals surface area contributed by atoms with Gasteiger partial charge in [-0.1, -0.05) is 5.57 Å². The third-order valence-electron chi connectivity index (χ3n) is 2.43. The van der Waals surface area contributed by atoms with E-state index >= 15 is 0 Å². The van der Waals surface area contributed by atoms with Gasteiger partial charge in [0.25, 0.3) is 0 Å². The summed E-state index contributed by atoms with van der Waals surface area (Å²) in [5.41, 5.74) is 6.78. The Labute approximate surface area is 88.5 Å². The van der Waals surface area contributed by atoms with Crippen molar-refractivity contribution in [1.82, 2.24) is 0 Å². The number of hydrogen-bond acceptors (Lipinski definition) is 4. The van der Waals surface area contributed by atoms with Gasteiger partial charge in [-0.05, 0) is 25.7 Å². The lowest BCUT2D eigenvalue weighted by Crippen LogP contribution is -2.05. The molecule has 15 heavy (non-hydrogen) atoms. The molecule has 1 fully saturated rings. The zero-order valence-corrected chi connectivity index (χ0v) is 8.25. The topological polar surface area (TPSA) is 97.4 Å². The quantitative estimate of drug-likeness (QED) is 0.647. The van der Waals surface area contributed by atoms with Crippen molar-refractivity contribution >= 4 is 0 Å². The first-order valence-electron chi connectivity index (χ1n) is 4.67. The van der Waals surface area contributed by atoms with Crippen LogP contribution in [0, 0.1) is 34.0 Å². The molecule has 4 nitrogen and oxygen atoms in total. The average molecular weight is 198 g/mol. The second-order valence-electron chi connectivity index (χ2n) is 3.31. The Balaban J connectivity index is 3.23. The summed E-state index contributed by atoms with van der Waals surface area (Å²) in [5.74, 6) is 0. The number of nitrogens with two attached hydrogens (primary N) is 1. The third kappa shape index (κ3) is 2.16. The molecule has 74 valence electrons. The van der Waals surface area contributed by atoms with Crippen LogP contribution in [-0.4, -0.2) is 0 Å². The maximum Gasteiger partial charge on any atom is 0.153 e. The van der Waals surface area contributed by atoms with Crippen LogP contribution in [0.2, 0.25) is 0 Å². The predicted molar refractivity (Wildman–Crippen MR) is 53.5 cm³/mol. The molecule has 4 heteroatoms. The van der Waals surface area contributed by atoms with Crippen LogP contribution in [-0.2, 0) is 0 Å². The molecule has 1 aliphatic rings. The number of nitrogens with zero attached hydrogens (tertiary/aromatic N) is 3. The summed E-state index contributed by atoms with van der Waals surface area (Å²) in [6.45, 7) is 0. The number of allylic oxidation sites excluding steroid dienone is 3. The lowest BCUT2D eigenvalue weighted by atomic mass is 10.0. The molecule has 1 aliphatic carbocycles. The fourth-order valence-corrected chi connectivity index (χ4v) is 1.65. The Bertz CT molecular complexity index is 424. The first-order chi connectivity index (χ1) is 7.24. The van der Waals surface area contributed by atoms with Crippen molar-refractivity contribution in [2.45, 2.75) is 25.7 Å². The SMILES string of the molecule is N#CC(C#N)=C(N)C(C#N)=C1CCCC1. The highest BCUT2D eigenvalue weighted by molar-refractivity contribution is 5.54. The van der Waals surface area contributed by atoms with Crippen LogP contribution in [0.1, 0.15) is 25.7 Å². The zero-order chi connectivity index (χ0) is 11.3. The van der Waals surface area contributed by atoms with Gasteiger partial charge in [0, 0.05) is 0 Å². The summed E-state index contributed by atoms with van der Waals surface area (Å²) in [7, 11) is 0. The van der Waals surface area contributed by atoms with Crippen molar-refractivity contribution in [3.05, 3.63) is 22.4 Å². The summed E-state index contributed by atoms with van der Waals surface area (Å²) < 4.78 is 0. The van der Waals surface area contributed by atoms with Gasteiger partial charge in [-0.2, -0.15) is 15.8 Å². The minimum Gasteiger partial charge on any atom is -0.396 e. The van der Waals surface area contributed by atoms with Crippen LogP contribution in [0.5, 0.6) is 0 Å². The van der Waals surface area contributed by atoms with E-state index in [2.05, 4.69) is 0 Å². The fraction of sp³-hybridized carbons (Fsp3) is 0.364. The molecule has 0 atom stereocenters. The molecule has 0 bridgehead atoms. The highest BCUT2D eigenvalue weighted by atomic mass is 14.6. The molecule has 2 N–H and O–H groups in total. The van der Waals surface area contributed by atoms with Crippen molar-refractivity contribution in [2.75, 3.05) is 0 Å². The fourth-order valence-electron chi connectivity index (χ4n) is 1.65. The van der Waals surface area contributed by atoms with E-state index in [1.807, 2.05) is 6.07 Å². The minimum atomic E-state index is -0.175. The molecule has 0 unspecified atom stereocenters. The van der Waals surface area contributed by atoms with Crippen molar-refractivity contribution < 1.29 is 0 Å². The molecular formula is C11H10N4. The van der Waals surface area contributed by atoms with Crippen molar-refractivity contribution in [1.29, 1.82) is 15.8 Å². The third-order valence-corrected chi connectivity index (χ3v) is 2.43. The van der Waals surface area contributed by atoms with Gasteiger partial charge >= 0.3 is 0 Å². The highest BCUT2D eigenvalue weighted by Gasteiger charge is 2.16. The van der Waals surface area contributed by atoms with Crippen LogP contribution >= 0.6 is 0 Å². The molecular weight excluding hydrogens is 188 g/mol. The van der Waals surface area contributed by atoms with E-state index in [1.165, 1.54) is 0 Å². The van der Waals surface area contributed by atoms with E-state index < -0.39 is 0 Å². The maximum atomic E-state index is 8.96. The van der Waals surface area contributed by atoms with Gasteiger partial charge in [-0.15, -0.1) is 0 Å². The molecule has 0 aromatic rings. The minimum absolute atomic E-state index is 0.0272. The second kappa shape index (κ2) is 4.84. The van der Waals surface area contributed by atoms with E-state index in [4.69, 9.17) is 21.5 Å². The normalized spacial score (nSPS) is 13.5. The van der Waals surface area contributed by atoms with Gasteiger partial charge in [0.1, 0.15) is 18.2 Å². The summed E-state index contributed by atoms with van der Waals surface area (Å²) in [5, 5.41) is 26.2. The second-order valence-corrected chi connectivity index (χ2v) is 3.31. The Kier molecular flexibility index (Phi) is 3.49. The van der Waals surface area contributed by atoms with Gasteiger partial charge in [0.05, 0.1) is 11.3 Å². The average Bonchev–Trinajstić information content (AvgIpc) is 2.74. The van der Waals surface area contributed by atoms with Crippen molar-refractivity contribution in [2.24, 2.45) is 5.73 Å². The van der Waals surface area contributed by atoms with Crippen LogP contribution in [0.15, 0.2) is 22.4 Å². The smallest absolute Gasteiger partial charge is 0.153 e. The largest absolute Gasteiger partial charge is 0.396 e. The molecule has 0 spiro atoms. The van der Waals surface area contributed by atoms with Gasteiger partial charge in [0.15, 0.2) is 5.57 Å². The molecule has 0 aromatic carbocycles. The van der Waals surface area contributed by atoms with E-state index in [-0.39, 0.29) is 11.3 Å². The molecule has 0 aliphatic heterocycles. The van der Waals surface area contributed by atoms with E-state index in [0.717, 1.165) is 31.3 Å². The Morgan fingerprint density at radius 2 is 1.53 bits per heavy atom. The van der Waals surface area contributed by atoms with Crippen LogP contribution < -0.4 is 5.73 Å². The number of nitriles is 3. The summed E-state index contributed by atoms with van der Waals surface area (Å²) >= 11 is 0. The maximum absolute atomic E-state index is 8.96. The zero-order valence-electron chi connectivity index (χ0n) is 8.25. The molecule has 0 heterocycles. The lowest BCUT2D eigenvalue weighted by molar-refractivity contribution is 0.886. The van der Waals surface area contributed by atoms with E-state index in [0.29, 0.717) is 5.57 Å². The molecule has 0 amide bonds. The predicted octanol–water partition coefficient (Wildman–Crippen LogP) is 1.64.